The number of ether oxygens (including phenoxy) is 2. The molecule has 0 aliphatic carbocycles. The molecular formula is C30H44N5O8P. The van der Waals surface area contributed by atoms with Crippen LogP contribution in [0.15, 0.2) is 48.8 Å². The van der Waals surface area contributed by atoms with Gasteiger partial charge in [0.1, 0.15) is 47.5 Å². The van der Waals surface area contributed by atoms with Crippen LogP contribution in [-0.2, 0) is 23.4 Å². The molecule has 1 aliphatic rings. The van der Waals surface area contributed by atoms with E-state index in [0.717, 1.165) is 12.8 Å². The highest BCUT2D eigenvalue weighted by Gasteiger charge is 2.54. The summed E-state index contributed by atoms with van der Waals surface area (Å²) in [5.74, 6) is 0.172. The first kappa shape index (κ1) is 33.8. The maximum absolute atomic E-state index is 14.3. The molecule has 2 aromatic heterocycles. The number of hydrogen-bond donors (Lipinski definition) is 4. The van der Waals surface area contributed by atoms with Crippen molar-refractivity contribution in [3.63, 3.8) is 0 Å². The van der Waals surface area contributed by atoms with Gasteiger partial charge in [0.05, 0.1) is 18.9 Å². The van der Waals surface area contributed by atoms with Crippen molar-refractivity contribution in [2.24, 2.45) is 11.8 Å². The van der Waals surface area contributed by atoms with Crippen molar-refractivity contribution in [1.82, 2.24) is 19.7 Å². The molecule has 13 nitrogen and oxygen atoms in total. The number of nitrogens with one attached hydrogen (secondary N) is 1. The molecular weight excluding hydrogens is 589 g/mol. The summed E-state index contributed by atoms with van der Waals surface area (Å²) in [5.41, 5.74) is 5.36. The summed E-state index contributed by atoms with van der Waals surface area (Å²) in [4.78, 5) is 17.2. The van der Waals surface area contributed by atoms with Crippen LogP contribution in [0.4, 0.5) is 5.82 Å². The quantitative estimate of drug-likeness (QED) is 0.140. The third-order valence-corrected chi connectivity index (χ3v) is 9.42. The van der Waals surface area contributed by atoms with Crippen LogP contribution in [0.1, 0.15) is 65.7 Å². The topological polar surface area (TPSA) is 180 Å². The average Bonchev–Trinajstić information content (AvgIpc) is 3.52. The normalized spacial score (nSPS) is 24.1. The Morgan fingerprint density at radius 3 is 2.55 bits per heavy atom. The summed E-state index contributed by atoms with van der Waals surface area (Å²) < 4.78 is 39.4. The van der Waals surface area contributed by atoms with Crippen LogP contribution in [-0.4, -0.2) is 67.8 Å². The van der Waals surface area contributed by atoms with E-state index >= 15 is 0 Å². The zero-order valence-corrected chi connectivity index (χ0v) is 26.7. The number of para-hydroxylation sites is 1. The van der Waals surface area contributed by atoms with Gasteiger partial charge in [-0.1, -0.05) is 58.7 Å². The summed E-state index contributed by atoms with van der Waals surface area (Å²) in [7, 11) is -4.30. The van der Waals surface area contributed by atoms with Gasteiger partial charge < -0.3 is 29.9 Å². The number of rotatable bonds is 15. The van der Waals surface area contributed by atoms with Gasteiger partial charge in [-0.3, -0.25) is 9.32 Å². The highest BCUT2D eigenvalue weighted by Crippen LogP contribution is 2.49. The molecule has 3 heterocycles. The van der Waals surface area contributed by atoms with Crippen LogP contribution >= 0.6 is 7.75 Å². The first-order chi connectivity index (χ1) is 20.9. The van der Waals surface area contributed by atoms with Gasteiger partial charge in [-0.2, -0.15) is 10.2 Å². The van der Waals surface area contributed by atoms with Crippen molar-refractivity contribution in [2.45, 2.75) is 83.8 Å². The average molecular weight is 634 g/mol. The molecule has 4 rings (SSSR count). The van der Waals surface area contributed by atoms with E-state index < -0.39 is 50.3 Å². The molecule has 0 bridgehead atoms. The molecule has 0 radical (unpaired) electrons. The molecule has 3 aromatic rings. The van der Waals surface area contributed by atoms with Gasteiger partial charge in [0, 0.05) is 0 Å². The summed E-state index contributed by atoms with van der Waals surface area (Å²) in [5, 5.41) is 29.1. The first-order valence-electron chi connectivity index (χ1n) is 14.9. The fraction of sp³-hybridized carbons (Fsp3) is 0.567. The SMILES string of the molecule is CCC(CC)COC(=O)[C@H](CC(C)C)NP(=O)(OC[C@@]1(C)O[C@@H](c2ccc3c(N)ncnn23)[C@H](O)[C@@H]1O)Oc1ccccc1. The number of aliphatic hydroxyl groups excluding tert-OH is 2. The second-order valence-electron chi connectivity index (χ2n) is 11.8. The molecule has 0 amide bonds. The van der Waals surface area contributed by atoms with Crippen molar-refractivity contribution >= 4 is 25.1 Å². The lowest BCUT2D eigenvalue weighted by Crippen LogP contribution is -2.45. The Balaban J connectivity index is 1.57. The van der Waals surface area contributed by atoms with E-state index in [4.69, 9.17) is 24.3 Å². The molecule has 14 heteroatoms. The number of anilines is 1. The molecule has 1 unspecified atom stereocenters. The van der Waals surface area contributed by atoms with E-state index in [1.807, 2.05) is 27.7 Å². The van der Waals surface area contributed by atoms with Crippen LogP contribution in [0, 0.1) is 11.8 Å². The zero-order chi connectivity index (χ0) is 32.1. The van der Waals surface area contributed by atoms with Crippen molar-refractivity contribution < 1.29 is 38.1 Å². The number of aliphatic hydroxyl groups is 2. The predicted octanol–water partition coefficient (Wildman–Crippen LogP) is 4.05. The fourth-order valence-electron chi connectivity index (χ4n) is 5.11. The van der Waals surface area contributed by atoms with Crippen LogP contribution in [0.25, 0.3) is 5.52 Å². The summed E-state index contributed by atoms with van der Waals surface area (Å²) in [6, 6.07) is 10.8. The second kappa shape index (κ2) is 14.4. The molecule has 44 heavy (non-hydrogen) atoms. The van der Waals surface area contributed by atoms with Crippen molar-refractivity contribution in [2.75, 3.05) is 18.9 Å². The number of aromatic nitrogens is 3. The molecule has 0 spiro atoms. The highest BCUT2D eigenvalue weighted by molar-refractivity contribution is 7.52. The molecule has 1 aromatic carbocycles. The largest absolute Gasteiger partial charge is 0.464 e. The van der Waals surface area contributed by atoms with Gasteiger partial charge in [-0.05, 0) is 49.4 Å². The summed E-state index contributed by atoms with van der Waals surface area (Å²) >= 11 is 0. The second-order valence-corrected chi connectivity index (χ2v) is 13.5. The van der Waals surface area contributed by atoms with Gasteiger partial charge in [0.25, 0.3) is 0 Å². The number of hydrogen-bond acceptors (Lipinski definition) is 11. The van der Waals surface area contributed by atoms with Crippen LogP contribution < -0.4 is 15.3 Å². The van der Waals surface area contributed by atoms with Gasteiger partial charge in [0.2, 0.25) is 0 Å². The third-order valence-electron chi connectivity index (χ3n) is 7.87. The van der Waals surface area contributed by atoms with Gasteiger partial charge in [0.15, 0.2) is 5.82 Å². The Morgan fingerprint density at radius 1 is 1.18 bits per heavy atom. The smallest absolute Gasteiger partial charge is 0.459 e. The van der Waals surface area contributed by atoms with Crippen molar-refractivity contribution in [3.8, 4) is 5.75 Å². The van der Waals surface area contributed by atoms with Crippen LogP contribution in [0.2, 0.25) is 0 Å². The minimum absolute atomic E-state index is 0.0431. The minimum atomic E-state index is -4.30. The fourth-order valence-corrected chi connectivity index (χ4v) is 6.71. The van der Waals surface area contributed by atoms with E-state index in [1.54, 1.807) is 42.5 Å². The molecule has 1 saturated heterocycles. The lowest BCUT2D eigenvalue weighted by Gasteiger charge is -2.31. The number of benzene rings is 1. The molecule has 1 aliphatic heterocycles. The maximum atomic E-state index is 14.3. The van der Waals surface area contributed by atoms with Crippen molar-refractivity contribution in [3.05, 3.63) is 54.5 Å². The molecule has 6 atom stereocenters. The minimum Gasteiger partial charge on any atom is -0.464 e. The Hall–Kier alpha value is -3.06. The number of carbonyl (C=O) groups excluding carboxylic acids is 1. The lowest BCUT2D eigenvalue weighted by molar-refractivity contribution is -0.147. The molecule has 242 valence electrons. The van der Waals surface area contributed by atoms with E-state index in [9.17, 15) is 19.6 Å². The Morgan fingerprint density at radius 2 is 1.89 bits per heavy atom. The van der Waals surface area contributed by atoms with E-state index in [2.05, 4.69) is 15.2 Å². The molecule has 1 fully saturated rings. The lowest BCUT2D eigenvalue weighted by atomic mass is 9.97. The summed E-state index contributed by atoms with van der Waals surface area (Å²) in [6.45, 7) is 9.24. The summed E-state index contributed by atoms with van der Waals surface area (Å²) in [6.07, 6.45) is -0.552. The number of esters is 1. The van der Waals surface area contributed by atoms with E-state index in [1.165, 1.54) is 17.8 Å². The first-order valence-corrected chi connectivity index (χ1v) is 16.5. The van der Waals surface area contributed by atoms with E-state index in [-0.39, 0.29) is 30.0 Å². The van der Waals surface area contributed by atoms with Gasteiger partial charge >= 0.3 is 13.7 Å². The Kier molecular flexibility index (Phi) is 11.0. The number of nitrogen functional groups attached to an aromatic ring is 1. The third kappa shape index (κ3) is 7.77. The highest BCUT2D eigenvalue weighted by atomic mass is 31.2. The van der Waals surface area contributed by atoms with Crippen LogP contribution in [0.3, 0.4) is 0 Å². The molecule has 5 N–H and O–H groups in total. The predicted molar refractivity (Wildman–Crippen MR) is 164 cm³/mol. The standard InChI is InChI=1S/C30H44N5O8P/c1-6-20(7-2)16-40-29(38)22(15-19(3)4)34-44(39,43-21-11-9-8-10-12-21)41-17-30(5)27(37)25(36)26(42-30)23-13-14-24-28(31)32-18-33-35(23)24/h8-14,18-20,22,25-27,36-37H,6-7,15-17H2,1-5H3,(H,34,39)(H2,31,32,33)/t22-,25-,26-,27-,30+,44?/m0/s1. The number of nitrogens with two attached hydrogens (primary N) is 1. The zero-order valence-electron chi connectivity index (χ0n) is 25.8. The van der Waals surface area contributed by atoms with Gasteiger partial charge in [-0.25, -0.2) is 14.1 Å². The monoisotopic (exact) mass is 633 g/mol. The number of fused-ring (bicyclic) bond motifs is 1. The maximum Gasteiger partial charge on any atom is 0.459 e. The molecule has 0 saturated carbocycles. The number of nitrogens with zero attached hydrogens (tertiary/aromatic N) is 3. The van der Waals surface area contributed by atoms with Crippen LogP contribution in [0.5, 0.6) is 5.75 Å². The van der Waals surface area contributed by atoms with E-state index in [0.29, 0.717) is 17.6 Å². The Labute approximate surface area is 257 Å². The Bertz CT molecular complexity index is 1440. The number of carbonyl (C=O) groups is 1. The van der Waals surface area contributed by atoms with Gasteiger partial charge in [-0.15, -0.1) is 0 Å². The van der Waals surface area contributed by atoms with Crippen molar-refractivity contribution in [1.29, 1.82) is 0 Å².